The van der Waals surface area contributed by atoms with E-state index in [1.165, 1.54) is 7.11 Å². The average molecular weight is 493 g/mol. The fraction of sp³-hybridized carbons (Fsp3) is 0.464. The van der Waals surface area contributed by atoms with E-state index < -0.39 is 12.1 Å². The number of carbonyl (C=O) groups excluding carboxylic acids is 2. The molecule has 1 aliphatic heterocycles. The van der Waals surface area contributed by atoms with E-state index in [-0.39, 0.29) is 17.6 Å². The Morgan fingerprint density at radius 2 is 2.00 bits per heavy atom. The fourth-order valence-corrected chi connectivity index (χ4v) is 4.88. The number of pyridine rings is 1. The van der Waals surface area contributed by atoms with Crippen molar-refractivity contribution in [3.8, 4) is 0 Å². The van der Waals surface area contributed by atoms with E-state index in [1.807, 2.05) is 28.8 Å². The van der Waals surface area contributed by atoms with Gasteiger partial charge in [-0.2, -0.15) is 0 Å². The van der Waals surface area contributed by atoms with Crippen molar-refractivity contribution >= 4 is 34.3 Å². The number of nitrogens with one attached hydrogen (secondary N) is 2. The number of hydrogen-bond acceptors (Lipinski definition) is 6. The molecule has 0 bridgehead atoms. The summed E-state index contributed by atoms with van der Waals surface area (Å²) in [6, 6.07) is 12.3. The van der Waals surface area contributed by atoms with Crippen molar-refractivity contribution in [3.63, 3.8) is 0 Å². The Bertz CT molecular complexity index is 1200. The molecule has 192 valence electrons. The number of fused-ring (bicyclic) bond motifs is 1. The van der Waals surface area contributed by atoms with E-state index in [2.05, 4.69) is 43.5 Å². The number of aryl methyl sites for hydroxylation is 2. The van der Waals surface area contributed by atoms with E-state index in [9.17, 15) is 9.59 Å². The van der Waals surface area contributed by atoms with Crippen molar-refractivity contribution in [2.45, 2.75) is 65.1 Å². The molecule has 0 unspecified atom stereocenters. The zero-order valence-corrected chi connectivity index (χ0v) is 21.5. The minimum absolute atomic E-state index is 0.245. The van der Waals surface area contributed by atoms with Crippen LogP contribution in [0.25, 0.3) is 11.0 Å². The molecule has 8 nitrogen and oxygen atoms in total. The first-order valence-electron chi connectivity index (χ1n) is 12.7. The summed E-state index contributed by atoms with van der Waals surface area (Å²) in [4.78, 5) is 30.9. The van der Waals surface area contributed by atoms with Gasteiger partial charge in [-0.25, -0.2) is 9.78 Å². The summed E-state index contributed by atoms with van der Waals surface area (Å²) >= 11 is 0. The lowest BCUT2D eigenvalue weighted by Gasteiger charge is -2.17. The van der Waals surface area contributed by atoms with Crippen LogP contribution in [0.4, 0.5) is 11.4 Å². The maximum Gasteiger partial charge on any atom is 0.356 e. The molecule has 2 N–H and O–H groups in total. The monoisotopic (exact) mass is 492 g/mol. The van der Waals surface area contributed by atoms with Gasteiger partial charge in [-0.05, 0) is 50.2 Å². The maximum atomic E-state index is 13.1. The van der Waals surface area contributed by atoms with Gasteiger partial charge >= 0.3 is 5.97 Å². The number of benzene rings is 1. The molecule has 0 radical (unpaired) electrons. The van der Waals surface area contributed by atoms with Crippen LogP contribution in [0.15, 0.2) is 42.6 Å². The third-order valence-electron chi connectivity index (χ3n) is 6.45. The van der Waals surface area contributed by atoms with Gasteiger partial charge in [0.15, 0.2) is 5.69 Å². The Morgan fingerprint density at radius 1 is 1.22 bits per heavy atom. The van der Waals surface area contributed by atoms with Gasteiger partial charge in [0.05, 0.1) is 24.7 Å². The van der Waals surface area contributed by atoms with Gasteiger partial charge < -0.3 is 24.7 Å². The first-order valence-corrected chi connectivity index (χ1v) is 12.7. The number of amides is 1. The standard InChI is InChI=1S/C28H36N4O4/c1-18(2)15-19(3)30-21-16-22-24(31-27(33)23-11-8-14-36-23)25(28(34)35-4)32(26(22)29-17-21)13-12-20-9-6-5-7-10-20/h5-7,9-10,16-19,23,30H,8,11-15H2,1-4H3,(H,31,33)/t19-,23-/m0/s1. The second-order valence-electron chi connectivity index (χ2n) is 9.86. The molecule has 3 heterocycles. The summed E-state index contributed by atoms with van der Waals surface area (Å²) in [5.74, 6) is -0.229. The van der Waals surface area contributed by atoms with Crippen LogP contribution in [-0.2, 0) is 27.2 Å². The summed E-state index contributed by atoms with van der Waals surface area (Å²) in [5.41, 5.74) is 3.30. The van der Waals surface area contributed by atoms with Crippen LogP contribution in [0.2, 0.25) is 0 Å². The average Bonchev–Trinajstić information content (AvgIpc) is 3.49. The van der Waals surface area contributed by atoms with Gasteiger partial charge in [-0.15, -0.1) is 0 Å². The SMILES string of the molecule is COC(=O)c1c(NC(=O)[C@@H]2CCCO2)c2cc(N[C@@H](C)CC(C)C)cnc2n1CCc1ccccc1. The molecule has 36 heavy (non-hydrogen) atoms. The second kappa shape index (κ2) is 11.6. The van der Waals surface area contributed by atoms with Crippen molar-refractivity contribution in [2.75, 3.05) is 24.4 Å². The van der Waals surface area contributed by atoms with Crippen molar-refractivity contribution in [2.24, 2.45) is 5.92 Å². The molecule has 4 rings (SSSR count). The highest BCUT2D eigenvalue weighted by atomic mass is 16.5. The minimum atomic E-state index is -0.529. The zero-order valence-electron chi connectivity index (χ0n) is 21.5. The maximum absolute atomic E-state index is 13.1. The number of rotatable bonds is 10. The van der Waals surface area contributed by atoms with E-state index in [4.69, 9.17) is 14.5 Å². The molecule has 1 aliphatic rings. The Balaban J connectivity index is 1.77. The number of anilines is 2. The largest absolute Gasteiger partial charge is 0.464 e. The van der Waals surface area contributed by atoms with Crippen LogP contribution in [-0.4, -0.2) is 47.3 Å². The molecule has 0 saturated carbocycles. The number of nitrogens with zero attached hydrogens (tertiary/aromatic N) is 2. The summed E-state index contributed by atoms with van der Waals surface area (Å²) in [6.45, 7) is 7.57. The molecule has 1 saturated heterocycles. The van der Waals surface area contributed by atoms with Crippen LogP contribution in [0.3, 0.4) is 0 Å². The molecule has 0 aliphatic carbocycles. The number of carbonyl (C=O) groups is 2. The molecule has 1 fully saturated rings. The molecule has 8 heteroatoms. The van der Waals surface area contributed by atoms with E-state index in [0.29, 0.717) is 48.6 Å². The lowest BCUT2D eigenvalue weighted by atomic mass is 10.1. The highest BCUT2D eigenvalue weighted by molar-refractivity contribution is 6.12. The van der Waals surface area contributed by atoms with Crippen LogP contribution >= 0.6 is 0 Å². The van der Waals surface area contributed by atoms with Gasteiger partial charge in [0, 0.05) is 24.6 Å². The van der Waals surface area contributed by atoms with Crippen molar-refractivity contribution in [1.82, 2.24) is 9.55 Å². The highest BCUT2D eigenvalue weighted by Gasteiger charge is 2.30. The Labute approximate surface area is 212 Å². The Hall–Kier alpha value is -3.39. The molecule has 1 amide bonds. The van der Waals surface area contributed by atoms with Gasteiger partial charge in [-0.3, -0.25) is 4.79 Å². The zero-order chi connectivity index (χ0) is 25.7. The van der Waals surface area contributed by atoms with Crippen molar-refractivity contribution < 1.29 is 19.1 Å². The molecule has 3 aromatic rings. The third kappa shape index (κ3) is 5.87. The Kier molecular flexibility index (Phi) is 8.25. The van der Waals surface area contributed by atoms with E-state index in [1.54, 1.807) is 6.20 Å². The van der Waals surface area contributed by atoms with Gasteiger partial charge in [0.2, 0.25) is 0 Å². The van der Waals surface area contributed by atoms with Crippen LogP contribution < -0.4 is 10.6 Å². The van der Waals surface area contributed by atoms with Crippen LogP contribution in [0, 0.1) is 5.92 Å². The topological polar surface area (TPSA) is 94.5 Å². The normalized spacial score (nSPS) is 16.3. The summed E-state index contributed by atoms with van der Waals surface area (Å²) in [6.07, 6.45) is 4.45. The van der Waals surface area contributed by atoms with Crippen LogP contribution in [0.1, 0.15) is 56.1 Å². The van der Waals surface area contributed by atoms with E-state index >= 15 is 0 Å². The summed E-state index contributed by atoms with van der Waals surface area (Å²) in [7, 11) is 1.35. The Morgan fingerprint density at radius 3 is 2.67 bits per heavy atom. The smallest absolute Gasteiger partial charge is 0.356 e. The molecule has 2 atom stereocenters. The number of hydrogen-bond donors (Lipinski definition) is 2. The first kappa shape index (κ1) is 25.7. The summed E-state index contributed by atoms with van der Waals surface area (Å²) < 4.78 is 12.6. The molecule has 2 aromatic heterocycles. The lowest BCUT2D eigenvalue weighted by Crippen LogP contribution is -2.28. The second-order valence-corrected chi connectivity index (χ2v) is 9.86. The third-order valence-corrected chi connectivity index (χ3v) is 6.45. The van der Waals surface area contributed by atoms with Gasteiger partial charge in [0.1, 0.15) is 11.8 Å². The predicted octanol–water partition coefficient (Wildman–Crippen LogP) is 5.03. The molecular formula is C28H36N4O4. The number of ether oxygens (including phenoxy) is 2. The van der Waals surface area contributed by atoms with Gasteiger partial charge in [0.25, 0.3) is 5.91 Å². The van der Waals surface area contributed by atoms with Gasteiger partial charge in [-0.1, -0.05) is 44.2 Å². The highest BCUT2D eigenvalue weighted by Crippen LogP contribution is 2.34. The molecular weight excluding hydrogens is 456 g/mol. The molecule has 1 aromatic carbocycles. The predicted molar refractivity (Wildman–Crippen MR) is 141 cm³/mol. The number of aromatic nitrogens is 2. The minimum Gasteiger partial charge on any atom is -0.464 e. The lowest BCUT2D eigenvalue weighted by molar-refractivity contribution is -0.124. The van der Waals surface area contributed by atoms with Crippen molar-refractivity contribution in [3.05, 3.63) is 53.9 Å². The first-order chi connectivity index (χ1) is 17.4. The fourth-order valence-electron chi connectivity index (χ4n) is 4.88. The molecule has 0 spiro atoms. The van der Waals surface area contributed by atoms with E-state index in [0.717, 1.165) is 24.1 Å². The van der Waals surface area contributed by atoms with Crippen molar-refractivity contribution in [1.29, 1.82) is 0 Å². The van der Waals surface area contributed by atoms with Crippen LogP contribution in [0.5, 0.6) is 0 Å². The summed E-state index contributed by atoms with van der Waals surface area (Å²) in [5, 5.41) is 7.19. The quantitative estimate of drug-likeness (QED) is 0.386. The number of esters is 1. The number of methoxy groups -OCH3 is 1.